The molecule has 0 heterocycles. The van der Waals surface area contributed by atoms with E-state index in [1.807, 2.05) is 4.90 Å². The molecule has 4 heteroatoms. The second-order valence-electron chi connectivity index (χ2n) is 6.07. The van der Waals surface area contributed by atoms with Crippen LogP contribution in [-0.2, 0) is 0 Å². The molecule has 1 aromatic rings. The van der Waals surface area contributed by atoms with Crippen molar-refractivity contribution in [1.82, 2.24) is 4.90 Å². The van der Waals surface area contributed by atoms with Crippen LogP contribution in [0.1, 0.15) is 42.5 Å². The summed E-state index contributed by atoms with van der Waals surface area (Å²) < 4.78 is 10.5. The molecule has 1 amide bonds. The van der Waals surface area contributed by atoms with Crippen LogP contribution < -0.4 is 9.47 Å². The zero-order valence-corrected chi connectivity index (χ0v) is 14.2. The molecule has 1 fully saturated rings. The fraction of sp³-hybridized carbons (Fsp3) is 0.526. The largest absolute Gasteiger partial charge is 0.493 e. The Morgan fingerprint density at radius 3 is 2.52 bits per heavy atom. The monoisotopic (exact) mass is 317 g/mol. The van der Waals surface area contributed by atoms with Crippen LogP contribution in [0.3, 0.4) is 0 Å². The second kappa shape index (κ2) is 8.61. The quantitative estimate of drug-likeness (QED) is 0.716. The van der Waals surface area contributed by atoms with Crippen molar-refractivity contribution in [2.75, 3.05) is 27.3 Å². The molecule has 0 aromatic heterocycles. The number of hydrogen-bond acceptors (Lipinski definition) is 3. The Hall–Kier alpha value is -1.97. The first-order valence-corrected chi connectivity index (χ1v) is 8.31. The SMILES string of the molecule is C=CCN(CC1CCCCC1)C(=O)c1ccc(OC)c(OC)c1. The maximum atomic E-state index is 12.9. The van der Waals surface area contributed by atoms with Crippen molar-refractivity contribution < 1.29 is 14.3 Å². The molecule has 0 unspecified atom stereocenters. The van der Waals surface area contributed by atoms with E-state index in [2.05, 4.69) is 6.58 Å². The van der Waals surface area contributed by atoms with Gasteiger partial charge in [0.05, 0.1) is 14.2 Å². The number of methoxy groups -OCH3 is 2. The van der Waals surface area contributed by atoms with Crippen molar-refractivity contribution in [1.29, 1.82) is 0 Å². The van der Waals surface area contributed by atoms with Crippen molar-refractivity contribution in [3.8, 4) is 11.5 Å². The number of nitrogens with zero attached hydrogens (tertiary/aromatic N) is 1. The number of carbonyl (C=O) groups excluding carboxylic acids is 1. The van der Waals surface area contributed by atoms with Gasteiger partial charge >= 0.3 is 0 Å². The van der Waals surface area contributed by atoms with Gasteiger partial charge in [0.2, 0.25) is 0 Å². The van der Waals surface area contributed by atoms with Gasteiger partial charge in [0, 0.05) is 18.7 Å². The van der Waals surface area contributed by atoms with Crippen LogP contribution in [0.15, 0.2) is 30.9 Å². The highest BCUT2D eigenvalue weighted by Gasteiger charge is 2.22. The molecular formula is C19H27NO3. The van der Waals surface area contributed by atoms with Gasteiger partial charge in [0.1, 0.15) is 0 Å². The summed E-state index contributed by atoms with van der Waals surface area (Å²) >= 11 is 0. The first-order chi connectivity index (χ1) is 11.2. The van der Waals surface area contributed by atoms with Gasteiger partial charge in [-0.1, -0.05) is 25.3 Å². The van der Waals surface area contributed by atoms with Gasteiger partial charge in [-0.3, -0.25) is 4.79 Å². The smallest absolute Gasteiger partial charge is 0.254 e. The van der Waals surface area contributed by atoms with E-state index >= 15 is 0 Å². The minimum atomic E-state index is 0.0245. The molecule has 4 nitrogen and oxygen atoms in total. The van der Waals surface area contributed by atoms with Crippen LogP contribution in [-0.4, -0.2) is 38.1 Å². The summed E-state index contributed by atoms with van der Waals surface area (Å²) in [4.78, 5) is 14.8. The zero-order valence-electron chi connectivity index (χ0n) is 14.2. The Morgan fingerprint density at radius 2 is 1.91 bits per heavy atom. The van der Waals surface area contributed by atoms with Crippen LogP contribution in [0.5, 0.6) is 11.5 Å². The molecule has 2 rings (SSSR count). The van der Waals surface area contributed by atoms with Crippen molar-refractivity contribution in [3.05, 3.63) is 36.4 Å². The summed E-state index contributed by atoms with van der Waals surface area (Å²) in [5.74, 6) is 1.84. The van der Waals surface area contributed by atoms with Gasteiger partial charge < -0.3 is 14.4 Å². The molecule has 0 bridgehead atoms. The van der Waals surface area contributed by atoms with E-state index < -0.39 is 0 Å². The lowest BCUT2D eigenvalue weighted by atomic mass is 9.89. The first kappa shape index (κ1) is 17.4. The number of rotatable bonds is 7. The molecule has 0 N–H and O–H groups in total. The molecular weight excluding hydrogens is 290 g/mol. The van der Waals surface area contributed by atoms with E-state index in [1.165, 1.54) is 32.1 Å². The van der Waals surface area contributed by atoms with E-state index in [-0.39, 0.29) is 5.91 Å². The molecule has 23 heavy (non-hydrogen) atoms. The van der Waals surface area contributed by atoms with Crippen LogP contribution in [0, 0.1) is 5.92 Å². The lowest BCUT2D eigenvalue weighted by molar-refractivity contribution is 0.0735. The maximum absolute atomic E-state index is 12.9. The summed E-state index contributed by atoms with van der Waals surface area (Å²) in [6.07, 6.45) is 8.09. The first-order valence-electron chi connectivity index (χ1n) is 8.31. The highest BCUT2D eigenvalue weighted by atomic mass is 16.5. The zero-order chi connectivity index (χ0) is 16.7. The summed E-state index contributed by atoms with van der Waals surface area (Å²) in [6, 6.07) is 5.32. The molecule has 0 aliphatic heterocycles. The molecule has 126 valence electrons. The van der Waals surface area contributed by atoms with Crippen molar-refractivity contribution in [2.24, 2.45) is 5.92 Å². The van der Waals surface area contributed by atoms with Crippen molar-refractivity contribution >= 4 is 5.91 Å². The highest BCUT2D eigenvalue weighted by molar-refractivity contribution is 5.95. The van der Waals surface area contributed by atoms with Crippen LogP contribution >= 0.6 is 0 Å². The lowest BCUT2D eigenvalue weighted by Crippen LogP contribution is -2.36. The molecule has 1 saturated carbocycles. The van der Waals surface area contributed by atoms with Crippen LogP contribution in [0.4, 0.5) is 0 Å². The second-order valence-corrected chi connectivity index (χ2v) is 6.07. The Bertz CT molecular complexity index is 535. The number of ether oxygens (including phenoxy) is 2. The van der Waals surface area contributed by atoms with E-state index in [0.29, 0.717) is 29.5 Å². The minimum Gasteiger partial charge on any atom is -0.493 e. The summed E-state index contributed by atoms with van der Waals surface area (Å²) in [5, 5.41) is 0. The van der Waals surface area contributed by atoms with E-state index in [0.717, 1.165) is 6.54 Å². The van der Waals surface area contributed by atoms with Gasteiger partial charge in [0.15, 0.2) is 11.5 Å². The number of carbonyl (C=O) groups is 1. The predicted molar refractivity (Wildman–Crippen MR) is 92.2 cm³/mol. The Kier molecular flexibility index (Phi) is 6.51. The molecule has 0 saturated heterocycles. The predicted octanol–water partition coefficient (Wildman–Crippen LogP) is 3.91. The fourth-order valence-electron chi connectivity index (χ4n) is 3.23. The van der Waals surface area contributed by atoms with Gasteiger partial charge in [-0.05, 0) is 37.0 Å². The van der Waals surface area contributed by atoms with Gasteiger partial charge in [-0.15, -0.1) is 6.58 Å². The summed E-state index contributed by atoms with van der Waals surface area (Å²) in [7, 11) is 3.17. The van der Waals surface area contributed by atoms with E-state index in [4.69, 9.17) is 9.47 Å². The number of hydrogen-bond donors (Lipinski definition) is 0. The minimum absolute atomic E-state index is 0.0245. The Labute approximate surface area is 139 Å². The van der Waals surface area contributed by atoms with Gasteiger partial charge in [0.25, 0.3) is 5.91 Å². The Balaban J connectivity index is 2.14. The third kappa shape index (κ3) is 4.50. The molecule has 1 aliphatic carbocycles. The van der Waals surface area contributed by atoms with Crippen molar-refractivity contribution in [3.63, 3.8) is 0 Å². The van der Waals surface area contributed by atoms with Crippen LogP contribution in [0.2, 0.25) is 0 Å². The number of amides is 1. The summed E-state index contributed by atoms with van der Waals surface area (Å²) in [6.45, 7) is 5.17. The van der Waals surface area contributed by atoms with Gasteiger partial charge in [-0.25, -0.2) is 0 Å². The Morgan fingerprint density at radius 1 is 1.22 bits per heavy atom. The van der Waals surface area contributed by atoms with Gasteiger partial charge in [-0.2, -0.15) is 0 Å². The molecule has 0 atom stereocenters. The standard InChI is InChI=1S/C19H27NO3/c1-4-12-20(14-15-8-6-5-7-9-15)19(21)16-10-11-17(22-2)18(13-16)23-3/h4,10-11,13,15H,1,5-9,12,14H2,2-3H3. The number of benzene rings is 1. The van der Waals surface area contributed by atoms with Crippen molar-refractivity contribution in [2.45, 2.75) is 32.1 Å². The normalized spacial score (nSPS) is 15.0. The van der Waals surface area contributed by atoms with E-state index in [9.17, 15) is 4.79 Å². The lowest BCUT2D eigenvalue weighted by Gasteiger charge is -2.29. The fourth-order valence-corrected chi connectivity index (χ4v) is 3.23. The molecule has 1 aliphatic rings. The third-order valence-electron chi connectivity index (χ3n) is 4.47. The maximum Gasteiger partial charge on any atom is 0.254 e. The molecule has 0 radical (unpaired) electrons. The third-order valence-corrected chi connectivity index (χ3v) is 4.47. The average molecular weight is 317 g/mol. The highest BCUT2D eigenvalue weighted by Crippen LogP contribution is 2.29. The summed E-state index contributed by atoms with van der Waals surface area (Å²) in [5.41, 5.74) is 0.625. The molecule has 1 aromatic carbocycles. The molecule has 0 spiro atoms. The topological polar surface area (TPSA) is 38.8 Å². The average Bonchev–Trinajstić information content (AvgIpc) is 2.61. The van der Waals surface area contributed by atoms with E-state index in [1.54, 1.807) is 38.5 Å². The van der Waals surface area contributed by atoms with Crippen LogP contribution in [0.25, 0.3) is 0 Å².